The summed E-state index contributed by atoms with van der Waals surface area (Å²) < 4.78 is 0. The molecule has 2 aromatic heterocycles. The number of carbonyl (C=O) groups excluding carboxylic acids is 1. The number of nitrogens with one attached hydrogen (secondary N) is 1. The number of aldehydes is 1. The molecule has 0 aliphatic carbocycles. The van der Waals surface area contributed by atoms with E-state index in [1.165, 1.54) is 6.07 Å². The highest BCUT2D eigenvalue weighted by Gasteiger charge is 2.17. The van der Waals surface area contributed by atoms with E-state index in [0.29, 0.717) is 28.8 Å². The van der Waals surface area contributed by atoms with Crippen LogP contribution >= 0.6 is 11.6 Å². The number of nitriles is 1. The number of aryl methyl sites for hydroxylation is 1. The summed E-state index contributed by atoms with van der Waals surface area (Å²) in [7, 11) is 0. The molecule has 0 aliphatic heterocycles. The molecule has 0 amide bonds. The van der Waals surface area contributed by atoms with Crippen LogP contribution < -0.4 is 0 Å². The van der Waals surface area contributed by atoms with Crippen LogP contribution in [0, 0.1) is 18.3 Å². The molecule has 17 heavy (non-hydrogen) atoms. The van der Waals surface area contributed by atoms with Gasteiger partial charge in [-0.15, -0.1) is 0 Å². The Hall–Kier alpha value is -2.19. The Balaban J connectivity index is 2.76. The molecule has 2 rings (SSSR count). The van der Waals surface area contributed by atoms with Gasteiger partial charge in [0, 0.05) is 11.3 Å². The minimum atomic E-state index is 0.195. The van der Waals surface area contributed by atoms with Crippen molar-refractivity contribution in [3.8, 4) is 17.3 Å². The molecule has 1 N–H and O–H groups in total. The van der Waals surface area contributed by atoms with Gasteiger partial charge in [0.25, 0.3) is 0 Å². The largest absolute Gasteiger partial charge is 0.298 e. The summed E-state index contributed by atoms with van der Waals surface area (Å²) in [5.74, 6) is 0. The van der Waals surface area contributed by atoms with Crippen molar-refractivity contribution in [1.82, 2.24) is 15.2 Å². The first-order valence-corrected chi connectivity index (χ1v) is 5.12. The van der Waals surface area contributed by atoms with E-state index in [1.54, 1.807) is 13.0 Å². The number of pyridine rings is 1. The maximum Gasteiger partial charge on any atom is 0.171 e. The Morgan fingerprint density at radius 1 is 1.53 bits per heavy atom. The van der Waals surface area contributed by atoms with Crippen LogP contribution in [0.2, 0.25) is 5.15 Å². The van der Waals surface area contributed by atoms with Gasteiger partial charge in [0.1, 0.15) is 11.2 Å². The molecule has 0 atom stereocenters. The van der Waals surface area contributed by atoms with E-state index in [1.807, 2.05) is 6.07 Å². The number of hydrogen-bond acceptors (Lipinski definition) is 4. The molecule has 0 fully saturated rings. The first-order chi connectivity index (χ1) is 8.17. The summed E-state index contributed by atoms with van der Waals surface area (Å²) in [5.41, 5.74) is 2.11. The number of rotatable bonds is 2. The van der Waals surface area contributed by atoms with Gasteiger partial charge < -0.3 is 0 Å². The fourth-order valence-electron chi connectivity index (χ4n) is 1.54. The Morgan fingerprint density at radius 3 is 2.94 bits per heavy atom. The van der Waals surface area contributed by atoms with E-state index in [-0.39, 0.29) is 10.8 Å². The van der Waals surface area contributed by atoms with Gasteiger partial charge in [-0.2, -0.15) is 10.4 Å². The van der Waals surface area contributed by atoms with Crippen molar-refractivity contribution in [1.29, 1.82) is 5.26 Å². The number of halogens is 1. The Labute approximate surface area is 102 Å². The Morgan fingerprint density at radius 2 is 2.29 bits per heavy atom. The lowest BCUT2D eigenvalue weighted by atomic mass is 10.1. The minimum Gasteiger partial charge on any atom is -0.298 e. The molecule has 2 aromatic rings. The summed E-state index contributed by atoms with van der Waals surface area (Å²) in [4.78, 5) is 15.0. The molecule has 0 bridgehead atoms. The van der Waals surface area contributed by atoms with Crippen molar-refractivity contribution >= 4 is 17.9 Å². The third-order valence-corrected chi connectivity index (χ3v) is 2.52. The highest BCUT2D eigenvalue weighted by Crippen LogP contribution is 2.27. The van der Waals surface area contributed by atoms with Crippen LogP contribution in [-0.2, 0) is 0 Å². The van der Waals surface area contributed by atoms with Crippen LogP contribution in [0.15, 0.2) is 12.1 Å². The predicted molar refractivity (Wildman–Crippen MR) is 61.7 cm³/mol. The average molecular weight is 247 g/mol. The van der Waals surface area contributed by atoms with Gasteiger partial charge in [0.2, 0.25) is 0 Å². The molecule has 0 spiro atoms. The molecular weight excluding hydrogens is 240 g/mol. The minimum absolute atomic E-state index is 0.195. The molecule has 6 heteroatoms. The molecule has 0 aromatic carbocycles. The van der Waals surface area contributed by atoms with E-state index in [9.17, 15) is 4.79 Å². The molecule has 0 radical (unpaired) electrons. The van der Waals surface area contributed by atoms with Crippen molar-refractivity contribution < 1.29 is 4.79 Å². The number of hydrogen-bond donors (Lipinski definition) is 1. The maximum absolute atomic E-state index is 10.9. The summed E-state index contributed by atoms with van der Waals surface area (Å²) in [6.07, 6.45) is 0.673. The summed E-state index contributed by atoms with van der Waals surface area (Å²) >= 11 is 5.80. The topological polar surface area (TPSA) is 82.4 Å². The van der Waals surface area contributed by atoms with Crippen molar-refractivity contribution in [2.45, 2.75) is 6.92 Å². The lowest BCUT2D eigenvalue weighted by molar-refractivity contribution is 0.112. The predicted octanol–water partition coefficient (Wildman–Crippen LogP) is 2.12. The van der Waals surface area contributed by atoms with Gasteiger partial charge in [-0.05, 0) is 19.1 Å². The third-order valence-electron chi connectivity index (χ3n) is 2.31. The van der Waals surface area contributed by atoms with Crippen LogP contribution in [0.1, 0.15) is 21.7 Å². The first-order valence-electron chi connectivity index (χ1n) is 4.74. The first kappa shape index (κ1) is 11.3. The van der Waals surface area contributed by atoms with E-state index in [2.05, 4.69) is 15.2 Å². The van der Waals surface area contributed by atoms with Crippen LogP contribution in [-0.4, -0.2) is 21.5 Å². The van der Waals surface area contributed by atoms with Gasteiger partial charge >= 0.3 is 0 Å². The van der Waals surface area contributed by atoms with Gasteiger partial charge in [0.05, 0.1) is 11.3 Å². The van der Waals surface area contributed by atoms with E-state index in [4.69, 9.17) is 16.9 Å². The lowest BCUT2D eigenvalue weighted by Crippen LogP contribution is -1.94. The van der Waals surface area contributed by atoms with Gasteiger partial charge in [-0.3, -0.25) is 9.89 Å². The fraction of sp³-hybridized carbons (Fsp3) is 0.0909. The van der Waals surface area contributed by atoms with Gasteiger partial charge in [-0.25, -0.2) is 4.98 Å². The zero-order valence-corrected chi connectivity index (χ0v) is 9.62. The summed E-state index contributed by atoms with van der Waals surface area (Å²) in [6.45, 7) is 1.75. The van der Waals surface area contributed by atoms with Crippen molar-refractivity contribution in [3.63, 3.8) is 0 Å². The summed E-state index contributed by atoms with van der Waals surface area (Å²) in [6, 6.07) is 5.03. The second kappa shape index (κ2) is 4.36. The molecule has 2 heterocycles. The summed E-state index contributed by atoms with van der Waals surface area (Å²) in [5, 5.41) is 15.7. The van der Waals surface area contributed by atoms with Crippen LogP contribution in [0.3, 0.4) is 0 Å². The van der Waals surface area contributed by atoms with Crippen LogP contribution in [0.25, 0.3) is 11.3 Å². The number of aromatic amines is 1. The zero-order valence-electron chi connectivity index (χ0n) is 8.86. The number of carbonyl (C=O) groups is 1. The number of nitrogens with zero attached hydrogens (tertiary/aromatic N) is 3. The normalized spacial score (nSPS) is 9.94. The molecule has 0 saturated carbocycles. The second-order valence-corrected chi connectivity index (χ2v) is 3.76. The molecule has 0 saturated heterocycles. The van der Waals surface area contributed by atoms with Crippen LogP contribution in [0.5, 0.6) is 0 Å². The monoisotopic (exact) mass is 246 g/mol. The SMILES string of the molecule is Cc1[nH]nc(C#N)c1-c1nc(Cl)ccc1C=O. The smallest absolute Gasteiger partial charge is 0.171 e. The van der Waals surface area contributed by atoms with Crippen LogP contribution in [0.4, 0.5) is 0 Å². The van der Waals surface area contributed by atoms with Crippen molar-refractivity contribution in [2.75, 3.05) is 0 Å². The highest BCUT2D eigenvalue weighted by molar-refractivity contribution is 6.29. The quantitative estimate of drug-likeness (QED) is 0.650. The second-order valence-electron chi connectivity index (χ2n) is 3.37. The molecule has 0 unspecified atom stereocenters. The molecule has 84 valence electrons. The third kappa shape index (κ3) is 1.90. The van der Waals surface area contributed by atoms with Crippen molar-refractivity contribution in [2.24, 2.45) is 0 Å². The van der Waals surface area contributed by atoms with Crippen molar-refractivity contribution in [3.05, 3.63) is 34.2 Å². The zero-order chi connectivity index (χ0) is 12.4. The molecular formula is C11H7ClN4O. The van der Waals surface area contributed by atoms with Gasteiger partial charge in [0.15, 0.2) is 12.0 Å². The fourth-order valence-corrected chi connectivity index (χ4v) is 1.69. The highest BCUT2D eigenvalue weighted by atomic mass is 35.5. The Bertz CT molecular complexity index is 627. The lowest BCUT2D eigenvalue weighted by Gasteiger charge is -2.03. The maximum atomic E-state index is 10.9. The molecule has 0 aliphatic rings. The van der Waals surface area contributed by atoms with E-state index in [0.717, 1.165) is 0 Å². The molecule has 5 nitrogen and oxygen atoms in total. The Kier molecular flexibility index (Phi) is 2.90. The van der Waals surface area contributed by atoms with Gasteiger partial charge in [-0.1, -0.05) is 11.6 Å². The standard InChI is InChI=1S/C11H7ClN4O/c1-6-10(8(4-13)16-15-6)11-7(5-17)2-3-9(12)14-11/h2-3,5H,1H3,(H,15,16). The van der Waals surface area contributed by atoms with E-state index >= 15 is 0 Å². The van der Waals surface area contributed by atoms with E-state index < -0.39 is 0 Å². The number of H-pyrrole nitrogens is 1. The number of aromatic nitrogens is 3. The average Bonchev–Trinajstić information content (AvgIpc) is 2.70.